The first kappa shape index (κ1) is 14.9. The molecule has 2 rings (SSSR count). The Morgan fingerprint density at radius 1 is 1.15 bits per heavy atom. The molecule has 0 atom stereocenters. The molecule has 0 N–H and O–H groups in total. The van der Waals surface area contributed by atoms with E-state index in [2.05, 4.69) is 10.3 Å². The van der Waals surface area contributed by atoms with Crippen molar-refractivity contribution in [2.75, 3.05) is 13.2 Å². The fourth-order valence-corrected chi connectivity index (χ4v) is 3.43. The van der Waals surface area contributed by atoms with E-state index in [1.54, 1.807) is 24.7 Å². The van der Waals surface area contributed by atoms with Gasteiger partial charge in [0.05, 0.1) is 25.1 Å². The predicted octanol–water partition coefficient (Wildman–Crippen LogP) is 3.17. The lowest BCUT2D eigenvalue weighted by molar-refractivity contribution is 0.213. The summed E-state index contributed by atoms with van der Waals surface area (Å²) in [4.78, 5) is 0. The molecule has 0 saturated heterocycles. The van der Waals surface area contributed by atoms with Crippen molar-refractivity contribution in [1.82, 2.24) is 15.0 Å². The second-order valence-electron chi connectivity index (χ2n) is 4.07. The van der Waals surface area contributed by atoms with Gasteiger partial charge in [-0.25, -0.2) is 4.68 Å². The van der Waals surface area contributed by atoms with E-state index in [4.69, 9.17) is 9.05 Å². The van der Waals surface area contributed by atoms with E-state index >= 15 is 0 Å². The van der Waals surface area contributed by atoms with Crippen molar-refractivity contribution in [2.24, 2.45) is 0 Å². The molecule has 2 aromatic rings. The van der Waals surface area contributed by atoms with Crippen LogP contribution in [0.2, 0.25) is 0 Å². The Morgan fingerprint density at radius 2 is 1.80 bits per heavy atom. The van der Waals surface area contributed by atoms with Gasteiger partial charge in [-0.15, -0.1) is 5.10 Å². The van der Waals surface area contributed by atoms with Crippen LogP contribution in [0.4, 0.5) is 0 Å². The third-order valence-corrected chi connectivity index (χ3v) is 4.56. The normalized spacial score (nSPS) is 11.7. The summed E-state index contributed by atoms with van der Waals surface area (Å²) in [5.74, 6) is 0. The molecule has 7 heteroatoms. The van der Waals surface area contributed by atoms with Crippen molar-refractivity contribution in [3.63, 3.8) is 0 Å². The molecule has 20 heavy (non-hydrogen) atoms. The van der Waals surface area contributed by atoms with Crippen molar-refractivity contribution in [3.05, 3.63) is 36.5 Å². The van der Waals surface area contributed by atoms with Crippen LogP contribution in [0.25, 0.3) is 11.3 Å². The molecule has 108 valence electrons. The summed E-state index contributed by atoms with van der Waals surface area (Å²) in [6.45, 7) is 4.22. The Hall–Kier alpha value is -1.49. The van der Waals surface area contributed by atoms with Gasteiger partial charge in [0.25, 0.3) is 0 Å². The third-order valence-electron chi connectivity index (χ3n) is 2.65. The number of hydrogen-bond donors (Lipinski definition) is 0. The smallest absolute Gasteiger partial charge is 0.308 e. The molecule has 0 aliphatic carbocycles. The maximum absolute atomic E-state index is 12.5. The zero-order valence-corrected chi connectivity index (χ0v) is 12.5. The van der Waals surface area contributed by atoms with E-state index in [1.165, 1.54) is 0 Å². The van der Waals surface area contributed by atoms with Gasteiger partial charge in [-0.2, -0.15) is 0 Å². The zero-order chi connectivity index (χ0) is 14.4. The molecule has 1 aromatic carbocycles. The molecular formula is C13H18N3O3P. The van der Waals surface area contributed by atoms with E-state index in [1.807, 2.05) is 30.3 Å². The van der Waals surface area contributed by atoms with Gasteiger partial charge in [-0.05, 0) is 13.8 Å². The lowest BCUT2D eigenvalue weighted by Crippen LogP contribution is -2.08. The highest BCUT2D eigenvalue weighted by Gasteiger charge is 2.26. The average molecular weight is 295 g/mol. The molecular weight excluding hydrogens is 277 g/mol. The highest BCUT2D eigenvalue weighted by molar-refractivity contribution is 7.52. The highest BCUT2D eigenvalue weighted by atomic mass is 31.2. The number of rotatable bonds is 7. The summed E-state index contributed by atoms with van der Waals surface area (Å²) in [7, 11) is -3.19. The molecule has 0 radical (unpaired) electrons. The molecule has 0 spiro atoms. The maximum Gasteiger partial charge on any atom is 0.352 e. The number of benzene rings is 1. The molecule has 0 aliphatic rings. The van der Waals surface area contributed by atoms with E-state index in [-0.39, 0.29) is 6.29 Å². The second kappa shape index (κ2) is 6.79. The topological polar surface area (TPSA) is 66.2 Å². The summed E-state index contributed by atoms with van der Waals surface area (Å²) >= 11 is 0. The molecule has 0 saturated carbocycles. The largest absolute Gasteiger partial charge is 0.352 e. The first-order chi connectivity index (χ1) is 9.68. The molecule has 0 aliphatic heterocycles. The van der Waals surface area contributed by atoms with Gasteiger partial charge in [0.2, 0.25) is 0 Å². The van der Waals surface area contributed by atoms with Crippen LogP contribution in [0.3, 0.4) is 0 Å². The average Bonchev–Trinajstić information content (AvgIpc) is 2.88. The van der Waals surface area contributed by atoms with Gasteiger partial charge >= 0.3 is 7.60 Å². The first-order valence-corrected chi connectivity index (χ1v) is 8.23. The van der Waals surface area contributed by atoms with Crippen LogP contribution in [0.1, 0.15) is 13.8 Å². The lowest BCUT2D eigenvalue weighted by Gasteiger charge is -2.17. The zero-order valence-electron chi connectivity index (χ0n) is 11.6. The Bertz CT molecular complexity index is 576. The SMILES string of the molecule is CCOP(=O)(Cn1nncc1-c1ccccc1)OCC. The Balaban J connectivity index is 2.26. The van der Waals surface area contributed by atoms with Crippen molar-refractivity contribution in [3.8, 4) is 11.3 Å². The standard InChI is InChI=1S/C13H18N3O3P/c1-3-18-20(17,19-4-2)11-16-13(10-14-15-16)12-8-6-5-7-9-12/h5-10H,3-4,11H2,1-2H3. The predicted molar refractivity (Wildman–Crippen MR) is 76.3 cm³/mol. The van der Waals surface area contributed by atoms with Crippen LogP contribution in [-0.4, -0.2) is 28.2 Å². The third kappa shape index (κ3) is 3.54. The molecule has 1 aromatic heterocycles. The lowest BCUT2D eigenvalue weighted by atomic mass is 10.2. The van der Waals surface area contributed by atoms with E-state index < -0.39 is 7.60 Å². The van der Waals surface area contributed by atoms with Gasteiger partial charge in [0, 0.05) is 5.56 Å². The monoisotopic (exact) mass is 295 g/mol. The van der Waals surface area contributed by atoms with Crippen LogP contribution in [0.15, 0.2) is 36.5 Å². The second-order valence-corrected chi connectivity index (χ2v) is 6.09. The molecule has 0 unspecified atom stereocenters. The van der Waals surface area contributed by atoms with E-state index in [9.17, 15) is 4.57 Å². The minimum Gasteiger partial charge on any atom is -0.308 e. The van der Waals surface area contributed by atoms with Crippen molar-refractivity contribution >= 4 is 7.60 Å². The highest BCUT2D eigenvalue weighted by Crippen LogP contribution is 2.50. The molecule has 0 amide bonds. The number of hydrogen-bond acceptors (Lipinski definition) is 5. The van der Waals surface area contributed by atoms with Crippen LogP contribution in [0.5, 0.6) is 0 Å². The Kier molecular flexibility index (Phi) is 5.06. The number of nitrogens with zero attached hydrogens (tertiary/aromatic N) is 3. The fourth-order valence-electron chi connectivity index (χ4n) is 1.87. The van der Waals surface area contributed by atoms with Crippen molar-refractivity contribution in [2.45, 2.75) is 20.1 Å². The fraction of sp³-hybridized carbons (Fsp3) is 0.385. The van der Waals surface area contributed by atoms with Gasteiger partial charge < -0.3 is 9.05 Å². The van der Waals surface area contributed by atoms with Gasteiger partial charge in [0.1, 0.15) is 6.29 Å². The molecule has 6 nitrogen and oxygen atoms in total. The minimum atomic E-state index is -3.19. The van der Waals surface area contributed by atoms with Crippen LogP contribution < -0.4 is 0 Å². The van der Waals surface area contributed by atoms with E-state index in [0.717, 1.165) is 11.3 Å². The summed E-state index contributed by atoms with van der Waals surface area (Å²) < 4.78 is 24.6. The van der Waals surface area contributed by atoms with Gasteiger partial charge in [0.15, 0.2) is 0 Å². The van der Waals surface area contributed by atoms with Crippen LogP contribution in [0, 0.1) is 0 Å². The van der Waals surface area contributed by atoms with Crippen LogP contribution in [-0.2, 0) is 19.9 Å². The van der Waals surface area contributed by atoms with Gasteiger partial charge in [-0.1, -0.05) is 35.5 Å². The summed E-state index contributed by atoms with van der Waals surface area (Å²) in [5, 5.41) is 7.86. The number of aromatic nitrogens is 3. The minimum absolute atomic E-state index is 0.0545. The first-order valence-electron chi connectivity index (χ1n) is 6.50. The Morgan fingerprint density at radius 3 is 2.40 bits per heavy atom. The molecule has 0 fully saturated rings. The van der Waals surface area contributed by atoms with E-state index in [0.29, 0.717) is 13.2 Å². The summed E-state index contributed by atoms with van der Waals surface area (Å²) in [5.41, 5.74) is 1.74. The quantitative estimate of drug-likeness (QED) is 0.734. The van der Waals surface area contributed by atoms with Crippen molar-refractivity contribution in [1.29, 1.82) is 0 Å². The Labute approximate surface area is 118 Å². The molecule has 1 heterocycles. The van der Waals surface area contributed by atoms with Gasteiger partial charge in [-0.3, -0.25) is 4.57 Å². The molecule has 0 bridgehead atoms. The van der Waals surface area contributed by atoms with Crippen molar-refractivity contribution < 1.29 is 13.6 Å². The summed E-state index contributed by atoms with van der Waals surface area (Å²) in [6, 6.07) is 9.68. The van der Waals surface area contributed by atoms with Crippen LogP contribution >= 0.6 is 7.60 Å². The maximum atomic E-state index is 12.5. The summed E-state index contributed by atoms with van der Waals surface area (Å²) in [6.07, 6.45) is 1.69.